The molecule has 0 aromatic heterocycles. The number of benzene rings is 1. The summed E-state index contributed by atoms with van der Waals surface area (Å²) in [6.07, 6.45) is 0. The highest BCUT2D eigenvalue weighted by atomic mass is 127. The van der Waals surface area contributed by atoms with Crippen LogP contribution >= 0.6 is 45.2 Å². The Bertz CT molecular complexity index is 460. The van der Waals surface area contributed by atoms with Gasteiger partial charge in [0.25, 0.3) is 5.91 Å². The molecule has 0 heterocycles. The highest BCUT2D eigenvalue weighted by molar-refractivity contribution is 14.1. The maximum absolute atomic E-state index is 11.9. The molecule has 0 saturated carbocycles. The predicted octanol–water partition coefficient (Wildman–Crippen LogP) is 3.42. The van der Waals surface area contributed by atoms with Crippen LogP contribution in [-0.2, 0) is 0 Å². The fraction of sp³-hybridized carbons (Fsp3) is 0.333. The molecular formula is C12H14I2N2O2. The van der Waals surface area contributed by atoms with Crippen molar-refractivity contribution in [2.75, 3.05) is 6.61 Å². The Hall–Kier alpha value is -0.380. The summed E-state index contributed by atoms with van der Waals surface area (Å²) >= 11 is 4.33. The summed E-state index contributed by atoms with van der Waals surface area (Å²) in [6, 6.07) is 3.59. The van der Waals surface area contributed by atoms with Crippen molar-refractivity contribution in [1.29, 1.82) is 0 Å². The third-order valence-corrected chi connectivity index (χ3v) is 3.53. The molecule has 0 bridgehead atoms. The maximum Gasteiger partial charge on any atom is 0.271 e. The first-order chi connectivity index (χ1) is 8.45. The van der Waals surface area contributed by atoms with E-state index in [-0.39, 0.29) is 5.91 Å². The van der Waals surface area contributed by atoms with Crippen molar-refractivity contribution in [2.24, 2.45) is 5.10 Å². The Kier molecular flexibility index (Phi) is 6.33. The van der Waals surface area contributed by atoms with Crippen molar-refractivity contribution in [1.82, 2.24) is 5.43 Å². The summed E-state index contributed by atoms with van der Waals surface area (Å²) in [7, 11) is 0. The van der Waals surface area contributed by atoms with Gasteiger partial charge in [0.15, 0.2) is 0 Å². The van der Waals surface area contributed by atoms with Crippen molar-refractivity contribution in [2.45, 2.75) is 20.8 Å². The third-order valence-electron chi connectivity index (χ3n) is 1.93. The van der Waals surface area contributed by atoms with Crippen LogP contribution in [0.3, 0.4) is 0 Å². The number of hydrazone groups is 1. The van der Waals surface area contributed by atoms with Crippen LogP contribution < -0.4 is 10.2 Å². The van der Waals surface area contributed by atoms with E-state index in [0.29, 0.717) is 12.2 Å². The number of nitrogens with one attached hydrogen (secondary N) is 1. The molecule has 1 amide bonds. The van der Waals surface area contributed by atoms with E-state index in [2.05, 4.69) is 55.7 Å². The normalized spacial score (nSPS) is 9.83. The lowest BCUT2D eigenvalue weighted by atomic mass is 10.2. The van der Waals surface area contributed by atoms with Crippen LogP contribution in [0.1, 0.15) is 31.1 Å². The topological polar surface area (TPSA) is 50.7 Å². The molecule has 0 aliphatic rings. The molecule has 0 fully saturated rings. The monoisotopic (exact) mass is 472 g/mol. The Labute approximate surface area is 134 Å². The second-order valence-corrected chi connectivity index (χ2v) is 6.03. The van der Waals surface area contributed by atoms with Crippen molar-refractivity contribution in [3.8, 4) is 5.75 Å². The number of hydrogen-bond acceptors (Lipinski definition) is 3. The van der Waals surface area contributed by atoms with Gasteiger partial charge >= 0.3 is 0 Å². The molecule has 0 aliphatic carbocycles. The SMILES string of the molecule is CCOc1c(I)cc(C(=O)NN=C(C)C)cc1I. The molecule has 98 valence electrons. The number of amides is 1. The number of nitrogens with zero attached hydrogens (tertiary/aromatic N) is 1. The smallest absolute Gasteiger partial charge is 0.271 e. The maximum atomic E-state index is 11.9. The molecule has 6 heteroatoms. The van der Waals surface area contributed by atoms with Crippen LogP contribution in [0.2, 0.25) is 0 Å². The van der Waals surface area contributed by atoms with Crippen LogP contribution in [0.5, 0.6) is 5.75 Å². The molecular weight excluding hydrogens is 458 g/mol. The predicted molar refractivity (Wildman–Crippen MR) is 89.3 cm³/mol. The Balaban J connectivity index is 2.99. The fourth-order valence-corrected chi connectivity index (χ4v) is 3.28. The quantitative estimate of drug-likeness (QED) is 0.415. The number of carbonyl (C=O) groups excluding carboxylic acids is 1. The van der Waals surface area contributed by atoms with Crippen molar-refractivity contribution >= 4 is 56.8 Å². The molecule has 0 saturated heterocycles. The minimum absolute atomic E-state index is 0.213. The van der Waals surface area contributed by atoms with Gasteiger partial charge in [-0.3, -0.25) is 4.79 Å². The lowest BCUT2D eigenvalue weighted by Gasteiger charge is -2.10. The van der Waals surface area contributed by atoms with Crippen molar-refractivity contribution in [3.63, 3.8) is 0 Å². The van der Waals surface area contributed by atoms with Gasteiger partial charge in [0, 0.05) is 11.3 Å². The Morgan fingerprint density at radius 1 is 1.33 bits per heavy atom. The number of ether oxygens (including phenoxy) is 1. The van der Waals surface area contributed by atoms with Gasteiger partial charge in [-0.25, -0.2) is 5.43 Å². The van der Waals surface area contributed by atoms with E-state index in [4.69, 9.17) is 4.74 Å². The first-order valence-corrected chi connectivity index (χ1v) is 7.54. The van der Waals surface area contributed by atoms with E-state index < -0.39 is 0 Å². The van der Waals surface area contributed by atoms with Crippen LogP contribution in [0.15, 0.2) is 17.2 Å². The number of hydrogen-bond donors (Lipinski definition) is 1. The van der Waals surface area contributed by atoms with Gasteiger partial charge in [0.2, 0.25) is 0 Å². The molecule has 4 nitrogen and oxygen atoms in total. The summed E-state index contributed by atoms with van der Waals surface area (Å²) < 4.78 is 7.37. The van der Waals surface area contributed by atoms with Crippen molar-refractivity contribution in [3.05, 3.63) is 24.8 Å². The molecule has 1 aromatic carbocycles. The summed E-state index contributed by atoms with van der Waals surface area (Å²) in [5, 5.41) is 3.90. The van der Waals surface area contributed by atoms with E-state index in [0.717, 1.165) is 18.6 Å². The molecule has 1 N–H and O–H groups in total. The molecule has 0 aliphatic heterocycles. The van der Waals surface area contributed by atoms with Crippen LogP contribution in [0, 0.1) is 7.14 Å². The average molecular weight is 472 g/mol. The minimum atomic E-state index is -0.213. The second-order valence-electron chi connectivity index (χ2n) is 3.70. The zero-order valence-corrected chi connectivity index (χ0v) is 14.7. The Morgan fingerprint density at radius 2 is 1.89 bits per heavy atom. The summed E-state index contributed by atoms with van der Waals surface area (Å²) in [5.74, 6) is 0.612. The molecule has 0 unspecified atom stereocenters. The van der Waals surface area contributed by atoms with E-state index in [9.17, 15) is 4.79 Å². The van der Waals surface area contributed by atoms with Crippen LogP contribution in [0.4, 0.5) is 0 Å². The summed E-state index contributed by atoms with van der Waals surface area (Å²) in [5.41, 5.74) is 3.89. The summed E-state index contributed by atoms with van der Waals surface area (Å²) in [4.78, 5) is 11.9. The standard InChI is InChI=1S/C12H14I2N2O2/c1-4-18-11-9(13)5-8(6-10(11)14)12(17)16-15-7(2)3/h5-6H,4H2,1-3H3,(H,16,17). The number of carbonyl (C=O) groups is 1. The first kappa shape index (κ1) is 15.7. The van der Waals surface area contributed by atoms with Gasteiger partial charge in [-0.05, 0) is 78.1 Å². The van der Waals surface area contributed by atoms with E-state index >= 15 is 0 Å². The molecule has 0 spiro atoms. The number of halogens is 2. The van der Waals surface area contributed by atoms with Gasteiger partial charge in [0.1, 0.15) is 5.75 Å². The number of rotatable bonds is 4. The average Bonchev–Trinajstić information content (AvgIpc) is 2.30. The van der Waals surface area contributed by atoms with Gasteiger partial charge in [-0.15, -0.1) is 0 Å². The highest BCUT2D eigenvalue weighted by Gasteiger charge is 2.12. The van der Waals surface area contributed by atoms with E-state index in [1.165, 1.54) is 0 Å². The first-order valence-electron chi connectivity index (χ1n) is 5.38. The minimum Gasteiger partial charge on any atom is -0.492 e. The molecule has 1 rings (SSSR count). The van der Waals surface area contributed by atoms with Gasteiger partial charge in [0.05, 0.1) is 13.7 Å². The highest BCUT2D eigenvalue weighted by Crippen LogP contribution is 2.28. The zero-order valence-electron chi connectivity index (χ0n) is 10.4. The second kappa shape index (κ2) is 7.27. The largest absolute Gasteiger partial charge is 0.492 e. The lowest BCUT2D eigenvalue weighted by Crippen LogP contribution is -2.19. The zero-order chi connectivity index (χ0) is 13.7. The molecule has 0 radical (unpaired) electrons. The molecule has 0 atom stereocenters. The third kappa shape index (κ3) is 4.38. The van der Waals surface area contributed by atoms with Gasteiger partial charge in [-0.1, -0.05) is 0 Å². The van der Waals surface area contributed by atoms with E-state index in [1.54, 1.807) is 12.1 Å². The Morgan fingerprint density at radius 3 is 2.33 bits per heavy atom. The molecule has 1 aromatic rings. The summed E-state index contributed by atoms with van der Waals surface area (Å²) in [6.45, 7) is 6.19. The lowest BCUT2D eigenvalue weighted by molar-refractivity contribution is 0.0954. The van der Waals surface area contributed by atoms with Crippen LogP contribution in [0.25, 0.3) is 0 Å². The van der Waals surface area contributed by atoms with E-state index in [1.807, 2.05) is 20.8 Å². The molecule has 18 heavy (non-hydrogen) atoms. The fourth-order valence-electron chi connectivity index (χ4n) is 1.20. The van der Waals surface area contributed by atoms with Crippen LogP contribution in [-0.4, -0.2) is 18.2 Å². The van der Waals surface area contributed by atoms with Gasteiger partial charge < -0.3 is 4.74 Å². The van der Waals surface area contributed by atoms with Crippen molar-refractivity contribution < 1.29 is 9.53 Å². The van der Waals surface area contributed by atoms with Gasteiger partial charge in [-0.2, -0.15) is 5.10 Å².